The number of rotatable bonds is 5. The Morgan fingerprint density at radius 3 is 2.76 bits per heavy atom. The molecule has 6 rings (SSSR count). The summed E-state index contributed by atoms with van der Waals surface area (Å²) >= 11 is 7.60. The van der Waals surface area contributed by atoms with Crippen LogP contribution in [0.4, 0.5) is 5.82 Å². The number of fused-ring (bicyclic) bond motifs is 2. The van der Waals surface area contributed by atoms with Crippen LogP contribution in [0.5, 0.6) is 0 Å². The Morgan fingerprint density at radius 1 is 1.15 bits per heavy atom. The number of anilines is 1. The van der Waals surface area contributed by atoms with Gasteiger partial charge in [-0.25, -0.2) is 15.0 Å². The Kier molecular flexibility index (Phi) is 5.42. The van der Waals surface area contributed by atoms with E-state index >= 15 is 0 Å². The van der Waals surface area contributed by atoms with Crippen LogP contribution in [0.15, 0.2) is 30.9 Å². The maximum atomic E-state index is 6.45. The summed E-state index contributed by atoms with van der Waals surface area (Å²) in [5.41, 5.74) is 1.46. The predicted molar refractivity (Wildman–Crippen MR) is 127 cm³/mol. The molecule has 2 aliphatic heterocycles. The van der Waals surface area contributed by atoms with Gasteiger partial charge in [-0.05, 0) is 44.9 Å². The van der Waals surface area contributed by atoms with Crippen molar-refractivity contribution in [2.45, 2.75) is 75.9 Å². The van der Waals surface area contributed by atoms with E-state index in [0.717, 1.165) is 39.0 Å². The standard InChI is InChI=1S/C23H26ClN5O3S/c1-23(2)31-18-15(9-7-14-8-10-16(24)33-14)30-22(19(18)32-23)29-12-27-17-20(25-11-26-21(17)29)28-13-5-3-4-6-13/h7-13,15,18-19,22H,3-6H2,1-2H3,(H,25,26,28). The molecule has 0 spiro atoms. The third kappa shape index (κ3) is 4.06. The first-order valence-electron chi connectivity index (χ1n) is 11.4. The molecular weight excluding hydrogens is 462 g/mol. The molecular formula is C23H26ClN5O3S. The van der Waals surface area contributed by atoms with Crippen LogP contribution in [-0.4, -0.2) is 49.7 Å². The van der Waals surface area contributed by atoms with Gasteiger partial charge in [-0.1, -0.05) is 30.5 Å². The van der Waals surface area contributed by atoms with Crippen molar-refractivity contribution < 1.29 is 14.2 Å². The van der Waals surface area contributed by atoms with Crippen molar-refractivity contribution >= 4 is 46.0 Å². The summed E-state index contributed by atoms with van der Waals surface area (Å²) in [7, 11) is 0. The molecule has 8 nitrogen and oxygen atoms in total. The molecule has 33 heavy (non-hydrogen) atoms. The van der Waals surface area contributed by atoms with Gasteiger partial charge in [-0.3, -0.25) is 4.57 Å². The normalized spacial score (nSPS) is 29.4. The van der Waals surface area contributed by atoms with Gasteiger partial charge in [0.25, 0.3) is 0 Å². The molecule has 10 heteroatoms. The third-order valence-electron chi connectivity index (χ3n) is 6.44. The van der Waals surface area contributed by atoms with Gasteiger partial charge in [0.1, 0.15) is 24.6 Å². The van der Waals surface area contributed by atoms with E-state index in [4.69, 9.17) is 25.8 Å². The second kappa shape index (κ2) is 8.32. The Hall–Kier alpha value is -2.04. The molecule has 3 aromatic heterocycles. The molecule has 1 aliphatic carbocycles. The van der Waals surface area contributed by atoms with Gasteiger partial charge in [0.05, 0.1) is 10.7 Å². The zero-order valence-corrected chi connectivity index (χ0v) is 20.1. The lowest BCUT2D eigenvalue weighted by atomic mass is 10.1. The third-order valence-corrected chi connectivity index (χ3v) is 7.63. The van der Waals surface area contributed by atoms with Crippen LogP contribution in [0.3, 0.4) is 0 Å². The second-order valence-corrected chi connectivity index (χ2v) is 11.0. The van der Waals surface area contributed by atoms with Crippen molar-refractivity contribution in [3.63, 3.8) is 0 Å². The maximum absolute atomic E-state index is 6.45. The van der Waals surface area contributed by atoms with Crippen LogP contribution in [0.25, 0.3) is 17.2 Å². The molecule has 0 aromatic carbocycles. The summed E-state index contributed by atoms with van der Waals surface area (Å²) in [5, 5.41) is 3.55. The number of hydrogen-bond acceptors (Lipinski definition) is 8. The molecule has 3 fully saturated rings. The first-order valence-corrected chi connectivity index (χ1v) is 12.5. The molecule has 3 aliphatic rings. The van der Waals surface area contributed by atoms with Crippen molar-refractivity contribution in [1.29, 1.82) is 0 Å². The zero-order chi connectivity index (χ0) is 22.6. The van der Waals surface area contributed by atoms with Crippen LogP contribution in [0.1, 0.15) is 50.6 Å². The maximum Gasteiger partial charge on any atom is 0.167 e. The minimum Gasteiger partial charge on any atom is -0.365 e. The fraction of sp³-hybridized carbons (Fsp3) is 0.522. The van der Waals surface area contributed by atoms with Crippen LogP contribution in [0.2, 0.25) is 4.34 Å². The molecule has 0 bridgehead atoms. The van der Waals surface area contributed by atoms with Gasteiger partial charge in [-0.15, -0.1) is 11.3 Å². The highest BCUT2D eigenvalue weighted by molar-refractivity contribution is 7.16. The number of nitrogens with zero attached hydrogens (tertiary/aromatic N) is 4. The van der Waals surface area contributed by atoms with Crippen LogP contribution in [0, 0.1) is 0 Å². The lowest BCUT2D eigenvalue weighted by Crippen LogP contribution is -2.28. The quantitative estimate of drug-likeness (QED) is 0.540. The molecule has 0 radical (unpaired) electrons. The minimum atomic E-state index is -0.698. The monoisotopic (exact) mass is 487 g/mol. The first kappa shape index (κ1) is 21.5. The smallest absolute Gasteiger partial charge is 0.167 e. The topological polar surface area (TPSA) is 83.3 Å². The van der Waals surface area contributed by atoms with Crippen molar-refractivity contribution in [3.05, 3.63) is 40.1 Å². The van der Waals surface area contributed by atoms with Crippen molar-refractivity contribution in [1.82, 2.24) is 19.5 Å². The molecule has 0 amide bonds. The van der Waals surface area contributed by atoms with E-state index in [2.05, 4.69) is 20.3 Å². The molecule has 1 N–H and O–H groups in total. The number of nitrogens with one attached hydrogen (secondary N) is 1. The lowest BCUT2D eigenvalue weighted by molar-refractivity contribution is -0.191. The fourth-order valence-corrected chi connectivity index (χ4v) is 5.98. The van der Waals surface area contributed by atoms with E-state index in [1.165, 1.54) is 24.2 Å². The Balaban J connectivity index is 1.31. The van der Waals surface area contributed by atoms with Crippen molar-refractivity contribution in [2.24, 2.45) is 0 Å². The average Bonchev–Trinajstić information content (AvgIpc) is 3.57. The molecule has 2 saturated heterocycles. The van der Waals surface area contributed by atoms with E-state index in [9.17, 15) is 0 Å². The summed E-state index contributed by atoms with van der Waals surface area (Å²) in [6, 6.07) is 4.32. The zero-order valence-electron chi connectivity index (χ0n) is 18.5. The number of imidazole rings is 1. The largest absolute Gasteiger partial charge is 0.365 e. The van der Waals surface area contributed by atoms with E-state index < -0.39 is 12.0 Å². The molecule has 1 saturated carbocycles. The number of halogens is 1. The van der Waals surface area contributed by atoms with Gasteiger partial charge in [0, 0.05) is 10.9 Å². The summed E-state index contributed by atoms with van der Waals surface area (Å²) in [5.74, 6) is 0.0751. The summed E-state index contributed by atoms with van der Waals surface area (Å²) in [6.45, 7) is 3.86. The highest BCUT2D eigenvalue weighted by atomic mass is 35.5. The summed E-state index contributed by atoms with van der Waals surface area (Å²) in [6.07, 6.45) is 11.0. The SMILES string of the molecule is CC1(C)OC2C(C=Cc3ccc(Cl)s3)OC(n3cnc4c(NC5CCCC5)ncnc43)C2O1. The Bertz CT molecular complexity index is 1190. The van der Waals surface area contributed by atoms with Gasteiger partial charge < -0.3 is 19.5 Å². The summed E-state index contributed by atoms with van der Waals surface area (Å²) < 4.78 is 21.7. The Morgan fingerprint density at radius 2 is 1.97 bits per heavy atom. The van der Waals surface area contributed by atoms with Gasteiger partial charge in [0.15, 0.2) is 29.0 Å². The average molecular weight is 488 g/mol. The highest BCUT2D eigenvalue weighted by Crippen LogP contribution is 2.44. The van der Waals surface area contributed by atoms with Crippen LogP contribution >= 0.6 is 22.9 Å². The Labute approximate surface area is 200 Å². The highest BCUT2D eigenvalue weighted by Gasteiger charge is 2.55. The second-order valence-electron chi connectivity index (χ2n) is 9.23. The fourth-order valence-electron chi connectivity index (χ4n) is 5.00. The van der Waals surface area contributed by atoms with E-state index in [0.29, 0.717) is 6.04 Å². The molecule has 4 atom stereocenters. The molecule has 5 heterocycles. The van der Waals surface area contributed by atoms with Crippen molar-refractivity contribution in [3.8, 4) is 0 Å². The van der Waals surface area contributed by atoms with Gasteiger partial charge >= 0.3 is 0 Å². The predicted octanol–water partition coefficient (Wildman–Crippen LogP) is 5.03. The van der Waals surface area contributed by atoms with Crippen LogP contribution < -0.4 is 5.32 Å². The summed E-state index contributed by atoms with van der Waals surface area (Å²) in [4.78, 5) is 14.7. The molecule has 174 valence electrons. The number of ether oxygens (including phenoxy) is 3. The molecule has 3 aromatic rings. The first-order chi connectivity index (χ1) is 16.0. The lowest BCUT2D eigenvalue weighted by Gasteiger charge is -2.24. The van der Waals surface area contributed by atoms with Crippen LogP contribution in [-0.2, 0) is 14.2 Å². The number of thiophene rings is 1. The van der Waals surface area contributed by atoms with Gasteiger partial charge in [0.2, 0.25) is 0 Å². The number of hydrogen-bond donors (Lipinski definition) is 1. The number of aromatic nitrogens is 4. The van der Waals surface area contributed by atoms with Crippen molar-refractivity contribution in [2.75, 3.05) is 5.32 Å². The molecule has 4 unspecified atom stereocenters. The van der Waals surface area contributed by atoms with Gasteiger partial charge in [-0.2, -0.15) is 0 Å². The van der Waals surface area contributed by atoms with E-state index in [1.54, 1.807) is 12.7 Å². The minimum absolute atomic E-state index is 0.243. The van der Waals surface area contributed by atoms with E-state index in [1.807, 2.05) is 42.7 Å². The van der Waals surface area contributed by atoms with E-state index in [-0.39, 0.29) is 18.3 Å².